The Morgan fingerprint density at radius 1 is 1.10 bits per heavy atom. The summed E-state index contributed by atoms with van der Waals surface area (Å²) in [7, 11) is 1.64. The van der Waals surface area contributed by atoms with Crippen LogP contribution < -0.4 is 5.43 Å². The van der Waals surface area contributed by atoms with Crippen molar-refractivity contribution in [3.8, 4) is 6.07 Å². The van der Waals surface area contributed by atoms with Gasteiger partial charge in [-0.25, -0.2) is 0 Å². The van der Waals surface area contributed by atoms with Gasteiger partial charge in [0.05, 0.1) is 23.9 Å². The van der Waals surface area contributed by atoms with E-state index in [-0.39, 0.29) is 37.1 Å². The molecule has 3 aromatic carbocycles. The zero-order chi connectivity index (χ0) is 29.6. The molecule has 3 aliphatic rings. The summed E-state index contributed by atoms with van der Waals surface area (Å²) in [6, 6.07) is 19.6. The maximum absolute atomic E-state index is 14.4. The van der Waals surface area contributed by atoms with E-state index in [9.17, 15) is 19.6 Å². The van der Waals surface area contributed by atoms with E-state index in [0.717, 1.165) is 29.7 Å². The first kappa shape index (κ1) is 28.0. The number of likely N-dealkylation sites (tertiary alicyclic amines) is 2. The third-order valence-electron chi connectivity index (χ3n) is 8.64. The lowest BCUT2D eigenvalue weighted by molar-refractivity contribution is -0.132. The molecule has 0 bridgehead atoms. The Balaban J connectivity index is 1.37. The van der Waals surface area contributed by atoms with Crippen LogP contribution in [0.3, 0.4) is 0 Å². The Labute approximate surface area is 253 Å². The Hall–Kier alpha value is -4.19. The SMILES string of the molecule is CN1C(=O)C(Cc2cc(Cl)cc(Cl)c2)C(=O)[C@]12CN(C(=O)c1ccc3c(c1)CCC=NN3)C[C@H]2c1ccc(C#N)cc1. The van der Waals surface area contributed by atoms with Gasteiger partial charge in [0.2, 0.25) is 5.91 Å². The van der Waals surface area contributed by atoms with Crippen LogP contribution in [0.1, 0.15) is 45.0 Å². The van der Waals surface area contributed by atoms with E-state index in [1.165, 1.54) is 4.90 Å². The Kier molecular flexibility index (Phi) is 7.25. The highest BCUT2D eigenvalue weighted by Gasteiger charge is 2.64. The first-order valence-electron chi connectivity index (χ1n) is 13.7. The second kappa shape index (κ2) is 10.9. The van der Waals surface area contributed by atoms with Gasteiger partial charge >= 0.3 is 0 Å². The highest BCUT2D eigenvalue weighted by Crippen LogP contribution is 2.47. The minimum atomic E-state index is -1.27. The van der Waals surface area contributed by atoms with Crippen molar-refractivity contribution in [2.75, 3.05) is 25.6 Å². The number of hydrogen-bond acceptors (Lipinski definition) is 6. The zero-order valence-corrected chi connectivity index (χ0v) is 24.3. The van der Waals surface area contributed by atoms with E-state index in [2.05, 4.69) is 16.6 Å². The van der Waals surface area contributed by atoms with Crippen LogP contribution in [-0.2, 0) is 22.4 Å². The lowest BCUT2D eigenvalue weighted by atomic mass is 9.76. The molecule has 0 aliphatic carbocycles. The van der Waals surface area contributed by atoms with Gasteiger partial charge in [-0.15, -0.1) is 0 Å². The molecule has 1 spiro atoms. The number of nitrogens with one attached hydrogen (secondary N) is 1. The first-order chi connectivity index (χ1) is 20.2. The van der Waals surface area contributed by atoms with Gasteiger partial charge in [-0.1, -0.05) is 35.3 Å². The number of fused-ring (bicyclic) bond motifs is 1. The molecule has 3 aliphatic heterocycles. The molecule has 8 nitrogen and oxygen atoms in total. The normalized spacial score (nSPS) is 23.1. The highest BCUT2D eigenvalue weighted by atomic mass is 35.5. The van der Waals surface area contributed by atoms with Crippen LogP contribution in [0.25, 0.3) is 0 Å². The summed E-state index contributed by atoms with van der Waals surface area (Å²) >= 11 is 12.4. The summed E-state index contributed by atoms with van der Waals surface area (Å²) < 4.78 is 0. The summed E-state index contributed by atoms with van der Waals surface area (Å²) in [5.74, 6) is -2.19. The van der Waals surface area contributed by atoms with E-state index >= 15 is 0 Å². The molecular formula is C32H27Cl2N5O3. The van der Waals surface area contributed by atoms with Crippen molar-refractivity contribution in [1.82, 2.24) is 9.80 Å². The van der Waals surface area contributed by atoms with E-state index in [1.54, 1.807) is 54.6 Å². The van der Waals surface area contributed by atoms with Gasteiger partial charge in [0.15, 0.2) is 5.78 Å². The van der Waals surface area contributed by atoms with Crippen LogP contribution in [0.4, 0.5) is 5.69 Å². The van der Waals surface area contributed by atoms with Crippen molar-refractivity contribution in [2.24, 2.45) is 11.0 Å². The second-order valence-corrected chi connectivity index (χ2v) is 11.9. The minimum Gasteiger partial charge on any atom is -0.335 e. The van der Waals surface area contributed by atoms with Gasteiger partial charge in [-0.05, 0) is 84.5 Å². The van der Waals surface area contributed by atoms with Gasteiger partial charge in [0.25, 0.3) is 5.91 Å². The molecule has 1 N–H and O–H groups in total. The van der Waals surface area contributed by atoms with Crippen LogP contribution in [0.2, 0.25) is 10.0 Å². The highest BCUT2D eigenvalue weighted by molar-refractivity contribution is 6.34. The molecule has 2 fully saturated rings. The third kappa shape index (κ3) is 4.73. The van der Waals surface area contributed by atoms with Crippen molar-refractivity contribution in [1.29, 1.82) is 5.26 Å². The average molecular weight is 601 g/mol. The Morgan fingerprint density at radius 2 is 1.83 bits per heavy atom. The molecule has 2 saturated heterocycles. The Morgan fingerprint density at radius 3 is 2.55 bits per heavy atom. The fourth-order valence-electron chi connectivity index (χ4n) is 6.53. The molecule has 6 rings (SSSR count). The number of anilines is 1. The molecule has 3 aromatic rings. The number of likely N-dealkylation sites (N-methyl/N-ethyl adjacent to an activating group) is 1. The maximum Gasteiger partial charge on any atom is 0.253 e. The van der Waals surface area contributed by atoms with Crippen LogP contribution in [0, 0.1) is 17.2 Å². The van der Waals surface area contributed by atoms with E-state index in [0.29, 0.717) is 26.7 Å². The van der Waals surface area contributed by atoms with E-state index in [1.807, 2.05) is 24.3 Å². The van der Waals surface area contributed by atoms with Crippen molar-refractivity contribution in [3.63, 3.8) is 0 Å². The van der Waals surface area contributed by atoms with Crippen molar-refractivity contribution >= 4 is 52.7 Å². The molecule has 42 heavy (non-hydrogen) atoms. The van der Waals surface area contributed by atoms with Gasteiger partial charge in [0, 0.05) is 41.3 Å². The second-order valence-electron chi connectivity index (χ2n) is 11.0. The number of ketones is 1. The number of nitriles is 1. The number of carbonyl (C=O) groups is 3. The fraction of sp³-hybridized carbons (Fsp3) is 0.281. The summed E-state index contributed by atoms with van der Waals surface area (Å²) in [5.41, 5.74) is 6.05. The predicted molar refractivity (Wildman–Crippen MR) is 161 cm³/mol. The summed E-state index contributed by atoms with van der Waals surface area (Å²) in [6.07, 6.45) is 3.46. The Bertz CT molecular complexity index is 1660. The third-order valence-corrected chi connectivity index (χ3v) is 9.08. The average Bonchev–Trinajstić information content (AvgIpc) is 3.33. The number of hydrazone groups is 1. The zero-order valence-electron chi connectivity index (χ0n) is 22.8. The maximum atomic E-state index is 14.4. The molecule has 3 heterocycles. The lowest BCUT2D eigenvalue weighted by Crippen LogP contribution is -2.53. The molecule has 212 valence electrons. The van der Waals surface area contributed by atoms with Crippen LogP contribution >= 0.6 is 23.2 Å². The van der Waals surface area contributed by atoms with Gasteiger partial charge in [0.1, 0.15) is 11.5 Å². The van der Waals surface area contributed by atoms with Crippen LogP contribution in [0.15, 0.2) is 65.8 Å². The summed E-state index contributed by atoms with van der Waals surface area (Å²) in [4.78, 5) is 45.3. The first-order valence-corrected chi connectivity index (χ1v) is 14.4. The number of amides is 2. The number of hydrogen-bond donors (Lipinski definition) is 1. The molecule has 3 atom stereocenters. The summed E-state index contributed by atoms with van der Waals surface area (Å²) in [5, 5.41) is 14.3. The monoisotopic (exact) mass is 599 g/mol. The van der Waals surface area contributed by atoms with Crippen LogP contribution in [0.5, 0.6) is 0 Å². The number of Topliss-reactive ketones (excluding diaryl/α,β-unsaturated/α-hetero) is 1. The lowest BCUT2D eigenvalue weighted by Gasteiger charge is -2.35. The molecule has 0 saturated carbocycles. The van der Waals surface area contributed by atoms with Crippen molar-refractivity contribution in [2.45, 2.75) is 30.7 Å². The largest absolute Gasteiger partial charge is 0.335 e. The molecule has 0 radical (unpaired) electrons. The van der Waals surface area contributed by atoms with Gasteiger partial charge in [-0.2, -0.15) is 10.4 Å². The van der Waals surface area contributed by atoms with Crippen molar-refractivity contribution < 1.29 is 14.4 Å². The molecule has 2 amide bonds. The topological polar surface area (TPSA) is 106 Å². The van der Waals surface area contributed by atoms with Crippen LogP contribution in [-0.4, -0.2) is 59.3 Å². The molecule has 10 heteroatoms. The van der Waals surface area contributed by atoms with Crippen molar-refractivity contribution in [3.05, 3.63) is 98.5 Å². The standard InChI is InChI=1S/C32H27Cl2N5O3/c1-38-31(42)26(13-20-11-24(33)15-25(34)12-20)29(40)32(38)18-39(17-27(32)21-6-4-19(16-35)5-7-21)30(41)23-8-9-28-22(14-23)3-2-10-36-37-28/h4-12,14-15,26-27,37H,2-3,13,17-18H2,1H3/t26?,27-,32+/m0/s1. The number of halogens is 2. The van der Waals surface area contributed by atoms with Gasteiger partial charge in [-0.3, -0.25) is 19.8 Å². The predicted octanol–water partition coefficient (Wildman–Crippen LogP) is 5.09. The van der Waals surface area contributed by atoms with E-state index in [4.69, 9.17) is 23.2 Å². The summed E-state index contributed by atoms with van der Waals surface area (Å²) in [6.45, 7) is 0.297. The quantitative estimate of drug-likeness (QED) is 0.421. The molecular weight excluding hydrogens is 573 g/mol. The fourth-order valence-corrected chi connectivity index (χ4v) is 7.10. The number of aryl methyl sites for hydroxylation is 1. The molecule has 0 aromatic heterocycles. The number of rotatable bonds is 4. The minimum absolute atomic E-state index is 0.0584. The smallest absolute Gasteiger partial charge is 0.253 e. The number of nitrogens with zero attached hydrogens (tertiary/aromatic N) is 4. The number of benzene rings is 3. The van der Waals surface area contributed by atoms with E-state index < -0.39 is 17.4 Å². The number of carbonyl (C=O) groups excluding carboxylic acids is 3. The molecule has 1 unspecified atom stereocenters. The van der Waals surface area contributed by atoms with Gasteiger partial charge < -0.3 is 9.80 Å².